The lowest BCUT2D eigenvalue weighted by atomic mass is 9.89. The molecule has 28 heavy (non-hydrogen) atoms. The normalized spacial score (nSPS) is 17.4. The van der Waals surface area contributed by atoms with Crippen LogP contribution in [0.4, 0.5) is 0 Å². The Bertz CT molecular complexity index is 880. The number of benzene rings is 2. The van der Waals surface area contributed by atoms with Gasteiger partial charge in [0, 0.05) is 17.7 Å². The maximum Gasteiger partial charge on any atom is 0.189 e. The zero-order valence-electron chi connectivity index (χ0n) is 16.6. The second-order valence-electron chi connectivity index (χ2n) is 7.70. The standard InChI is InChI=1S/C24H27NO3/c1-27-22-14-19-13-20(24(26)21(19)15-23(22)28-2)12-17-8-10-25(11-9-17)16-18-6-4-3-5-7-18/h3-7,13-15,17H,8-12,16H2,1-2H3. The van der Waals surface area contributed by atoms with Gasteiger partial charge < -0.3 is 9.47 Å². The molecule has 4 heteroatoms. The highest BCUT2D eigenvalue weighted by molar-refractivity contribution is 6.18. The van der Waals surface area contributed by atoms with E-state index in [-0.39, 0.29) is 5.78 Å². The highest BCUT2D eigenvalue weighted by atomic mass is 16.5. The predicted octanol–water partition coefficient (Wildman–Crippen LogP) is 4.59. The second-order valence-corrected chi connectivity index (χ2v) is 7.70. The molecule has 0 N–H and O–H groups in total. The van der Waals surface area contributed by atoms with Gasteiger partial charge in [0.2, 0.25) is 0 Å². The van der Waals surface area contributed by atoms with Crippen molar-refractivity contribution < 1.29 is 14.3 Å². The van der Waals surface area contributed by atoms with E-state index in [1.54, 1.807) is 14.2 Å². The van der Waals surface area contributed by atoms with Crippen LogP contribution in [0.1, 0.15) is 40.7 Å². The third-order valence-electron chi connectivity index (χ3n) is 5.89. The Kier molecular flexibility index (Phi) is 5.49. The van der Waals surface area contributed by atoms with Gasteiger partial charge in [0.05, 0.1) is 14.2 Å². The monoisotopic (exact) mass is 377 g/mol. The number of ketones is 1. The van der Waals surface area contributed by atoms with Crippen molar-refractivity contribution in [1.82, 2.24) is 4.90 Å². The number of likely N-dealkylation sites (tertiary alicyclic amines) is 1. The molecule has 0 atom stereocenters. The van der Waals surface area contributed by atoms with Gasteiger partial charge >= 0.3 is 0 Å². The first-order valence-electron chi connectivity index (χ1n) is 9.95. The first-order chi connectivity index (χ1) is 13.7. The van der Waals surface area contributed by atoms with Crippen molar-refractivity contribution in [3.05, 3.63) is 64.7 Å². The van der Waals surface area contributed by atoms with E-state index in [1.807, 2.05) is 18.2 Å². The van der Waals surface area contributed by atoms with Crippen molar-refractivity contribution in [3.8, 4) is 11.5 Å². The van der Waals surface area contributed by atoms with Crippen LogP contribution in [0.2, 0.25) is 0 Å². The number of piperidine rings is 1. The van der Waals surface area contributed by atoms with E-state index in [4.69, 9.17) is 9.47 Å². The van der Waals surface area contributed by atoms with Crippen LogP contribution >= 0.6 is 0 Å². The van der Waals surface area contributed by atoms with E-state index in [1.165, 1.54) is 5.56 Å². The molecule has 1 aliphatic carbocycles. The highest BCUT2D eigenvalue weighted by Gasteiger charge is 2.28. The Balaban J connectivity index is 1.37. The number of nitrogens with zero attached hydrogens (tertiary/aromatic N) is 1. The quantitative estimate of drug-likeness (QED) is 0.738. The van der Waals surface area contributed by atoms with Gasteiger partial charge in [-0.3, -0.25) is 9.69 Å². The maximum atomic E-state index is 12.9. The number of Topliss-reactive ketones (excluding diaryl/α,β-unsaturated/α-hetero) is 1. The number of carbonyl (C=O) groups is 1. The molecule has 1 fully saturated rings. The summed E-state index contributed by atoms with van der Waals surface area (Å²) < 4.78 is 10.7. The molecule has 4 nitrogen and oxygen atoms in total. The van der Waals surface area contributed by atoms with Crippen LogP contribution in [-0.2, 0) is 6.54 Å². The molecule has 0 bridgehead atoms. The van der Waals surface area contributed by atoms with E-state index in [0.29, 0.717) is 17.4 Å². The largest absolute Gasteiger partial charge is 0.493 e. The molecule has 4 rings (SSSR count). The molecule has 0 radical (unpaired) electrons. The van der Waals surface area contributed by atoms with E-state index in [9.17, 15) is 4.79 Å². The van der Waals surface area contributed by atoms with Gasteiger partial charge in [-0.2, -0.15) is 0 Å². The number of ether oxygens (including phenoxy) is 2. The molecular weight excluding hydrogens is 350 g/mol. The van der Waals surface area contributed by atoms with Gasteiger partial charge in [-0.1, -0.05) is 30.3 Å². The molecule has 2 aromatic rings. The van der Waals surface area contributed by atoms with Crippen LogP contribution < -0.4 is 9.47 Å². The van der Waals surface area contributed by atoms with Crippen LogP contribution in [0.15, 0.2) is 48.0 Å². The van der Waals surface area contributed by atoms with E-state index >= 15 is 0 Å². The topological polar surface area (TPSA) is 38.8 Å². The summed E-state index contributed by atoms with van der Waals surface area (Å²) in [5.41, 5.74) is 3.97. The summed E-state index contributed by atoms with van der Waals surface area (Å²) in [6.07, 6.45) is 5.17. The summed E-state index contributed by atoms with van der Waals surface area (Å²) in [5, 5.41) is 0. The van der Waals surface area contributed by atoms with Gasteiger partial charge in [0.15, 0.2) is 17.3 Å². The SMILES string of the molecule is COc1cc2c(cc1OC)C(=O)C(CC1CCN(Cc3ccccc3)CC1)=C2. The predicted molar refractivity (Wildman–Crippen MR) is 111 cm³/mol. The molecule has 1 heterocycles. The van der Waals surface area contributed by atoms with Gasteiger partial charge in [0.25, 0.3) is 0 Å². The lowest BCUT2D eigenvalue weighted by molar-refractivity contribution is 0.102. The van der Waals surface area contributed by atoms with Crippen molar-refractivity contribution in [3.63, 3.8) is 0 Å². The van der Waals surface area contributed by atoms with Gasteiger partial charge in [0.1, 0.15) is 0 Å². The van der Waals surface area contributed by atoms with Crippen molar-refractivity contribution in [2.75, 3.05) is 27.3 Å². The smallest absolute Gasteiger partial charge is 0.189 e. The Labute approximate surface area is 166 Å². The second kappa shape index (κ2) is 8.19. The Hall–Kier alpha value is -2.59. The molecule has 0 amide bonds. The molecule has 2 aromatic carbocycles. The van der Waals surface area contributed by atoms with Crippen LogP contribution in [0.5, 0.6) is 11.5 Å². The zero-order chi connectivity index (χ0) is 19.5. The first kappa shape index (κ1) is 18.8. The lowest BCUT2D eigenvalue weighted by Gasteiger charge is -2.32. The lowest BCUT2D eigenvalue weighted by Crippen LogP contribution is -2.33. The molecule has 1 saturated heterocycles. The van der Waals surface area contributed by atoms with Crippen LogP contribution in [0.3, 0.4) is 0 Å². The molecule has 0 saturated carbocycles. The number of hydrogen-bond donors (Lipinski definition) is 0. The number of methoxy groups -OCH3 is 2. The number of allylic oxidation sites excluding steroid dienone is 1. The molecular formula is C24H27NO3. The van der Waals surface area contributed by atoms with Crippen molar-refractivity contribution in [2.24, 2.45) is 5.92 Å². The first-order valence-corrected chi connectivity index (χ1v) is 9.95. The maximum absolute atomic E-state index is 12.9. The van der Waals surface area contributed by atoms with Crippen LogP contribution in [0.25, 0.3) is 6.08 Å². The average molecular weight is 377 g/mol. The minimum Gasteiger partial charge on any atom is -0.493 e. The Morgan fingerprint density at radius 2 is 1.68 bits per heavy atom. The van der Waals surface area contributed by atoms with Gasteiger partial charge in [-0.15, -0.1) is 0 Å². The van der Waals surface area contributed by atoms with E-state index in [2.05, 4.69) is 35.2 Å². The molecule has 1 aliphatic heterocycles. The van der Waals surface area contributed by atoms with Crippen molar-refractivity contribution >= 4 is 11.9 Å². The van der Waals surface area contributed by atoms with Crippen molar-refractivity contribution in [2.45, 2.75) is 25.8 Å². The van der Waals surface area contributed by atoms with Crippen LogP contribution in [0, 0.1) is 5.92 Å². The molecule has 0 unspecified atom stereocenters. The third-order valence-corrected chi connectivity index (χ3v) is 5.89. The fraction of sp³-hybridized carbons (Fsp3) is 0.375. The Morgan fingerprint density at radius 3 is 2.36 bits per heavy atom. The molecule has 2 aliphatic rings. The summed E-state index contributed by atoms with van der Waals surface area (Å²) in [6, 6.07) is 14.3. The van der Waals surface area contributed by atoms with Crippen molar-refractivity contribution in [1.29, 1.82) is 0 Å². The van der Waals surface area contributed by atoms with Gasteiger partial charge in [-0.05, 0) is 67.6 Å². The molecule has 0 spiro atoms. The summed E-state index contributed by atoms with van der Waals surface area (Å²) in [5.74, 6) is 1.99. The zero-order valence-corrected chi connectivity index (χ0v) is 16.6. The summed E-state index contributed by atoms with van der Waals surface area (Å²) in [7, 11) is 3.22. The number of fused-ring (bicyclic) bond motifs is 1. The minimum atomic E-state index is 0.141. The summed E-state index contributed by atoms with van der Waals surface area (Å²) >= 11 is 0. The number of carbonyl (C=O) groups excluding carboxylic acids is 1. The third kappa shape index (κ3) is 3.83. The fourth-order valence-electron chi connectivity index (χ4n) is 4.29. The highest BCUT2D eigenvalue weighted by Crippen LogP contribution is 2.38. The number of rotatable bonds is 6. The fourth-order valence-corrected chi connectivity index (χ4v) is 4.29. The van der Waals surface area contributed by atoms with Gasteiger partial charge in [-0.25, -0.2) is 0 Å². The molecule has 146 valence electrons. The molecule has 0 aromatic heterocycles. The minimum absolute atomic E-state index is 0.141. The van der Waals surface area contributed by atoms with E-state index < -0.39 is 0 Å². The summed E-state index contributed by atoms with van der Waals surface area (Å²) in [6.45, 7) is 3.20. The van der Waals surface area contributed by atoms with Crippen LogP contribution in [-0.4, -0.2) is 38.0 Å². The summed E-state index contributed by atoms with van der Waals surface area (Å²) in [4.78, 5) is 15.4. The Morgan fingerprint density at radius 1 is 1.00 bits per heavy atom. The average Bonchev–Trinajstić information content (AvgIpc) is 3.03. The van der Waals surface area contributed by atoms with E-state index in [0.717, 1.165) is 55.6 Å². The number of hydrogen-bond acceptors (Lipinski definition) is 4.